The predicted octanol–water partition coefficient (Wildman–Crippen LogP) is 3.99. The molecule has 4 heterocycles. The van der Waals surface area contributed by atoms with Crippen molar-refractivity contribution in [2.24, 2.45) is 0 Å². The van der Waals surface area contributed by atoms with E-state index in [-0.39, 0.29) is 30.0 Å². The summed E-state index contributed by atoms with van der Waals surface area (Å²) in [4.78, 5) is 48.8. The maximum atomic E-state index is 12.9. The van der Waals surface area contributed by atoms with Gasteiger partial charge in [0.2, 0.25) is 0 Å². The maximum absolute atomic E-state index is 12.9. The summed E-state index contributed by atoms with van der Waals surface area (Å²) in [6, 6.07) is 9.89. The number of piperidine rings is 1. The van der Waals surface area contributed by atoms with Crippen LogP contribution in [0.1, 0.15) is 39.3 Å². The third-order valence-electron chi connectivity index (χ3n) is 6.23. The molecule has 10 nitrogen and oxygen atoms in total. The van der Waals surface area contributed by atoms with Gasteiger partial charge in [-0.15, -0.1) is 0 Å². The number of halogens is 1. The molecular weight excluding hydrogens is 510 g/mol. The zero-order valence-electron chi connectivity index (χ0n) is 21.9. The molecule has 1 aliphatic heterocycles. The summed E-state index contributed by atoms with van der Waals surface area (Å²) in [7, 11) is 1.76. The van der Waals surface area contributed by atoms with Crippen LogP contribution >= 0.6 is 11.6 Å². The molecule has 1 fully saturated rings. The Balaban J connectivity index is 1.38. The Kier molecular flexibility index (Phi) is 8.11. The van der Waals surface area contributed by atoms with Gasteiger partial charge in [0, 0.05) is 44.6 Å². The molecule has 0 radical (unpaired) electrons. The average Bonchev–Trinajstić information content (AvgIpc) is 2.87. The van der Waals surface area contributed by atoms with E-state index in [1.807, 2.05) is 20.8 Å². The largest absolute Gasteiger partial charge is 0.487 e. The topological polar surface area (TPSA) is 110 Å². The molecular formula is C27H32ClN5O5. The van der Waals surface area contributed by atoms with Gasteiger partial charge in [-0.3, -0.25) is 19.1 Å². The number of aromatic amines is 1. The van der Waals surface area contributed by atoms with E-state index in [2.05, 4.69) is 14.9 Å². The quantitative estimate of drug-likeness (QED) is 0.502. The highest BCUT2D eigenvalue weighted by atomic mass is 35.5. The SMILES string of the molecule is CN(C(=O)OC(C)(C)C)C1CCN(c2ccc(-n3ccc(OCc4ccc(Cl)cn4)cc3=O)c(=O)[nH]2)CC1. The maximum Gasteiger partial charge on any atom is 0.410 e. The van der Waals surface area contributed by atoms with E-state index in [0.717, 1.165) is 12.8 Å². The molecule has 0 atom stereocenters. The highest BCUT2D eigenvalue weighted by Gasteiger charge is 2.29. The molecule has 0 saturated carbocycles. The summed E-state index contributed by atoms with van der Waals surface area (Å²) in [6.07, 6.45) is 4.18. The fraction of sp³-hybridized carbons (Fsp3) is 0.407. The van der Waals surface area contributed by atoms with E-state index in [1.165, 1.54) is 23.0 Å². The lowest BCUT2D eigenvalue weighted by atomic mass is 10.0. The fourth-order valence-electron chi connectivity index (χ4n) is 4.21. The Morgan fingerprint density at radius 1 is 1.16 bits per heavy atom. The molecule has 1 amide bonds. The molecule has 0 aromatic carbocycles. The van der Waals surface area contributed by atoms with Crippen molar-refractivity contribution in [1.82, 2.24) is 19.4 Å². The minimum absolute atomic E-state index is 0.0573. The molecule has 0 bridgehead atoms. The normalized spacial score (nSPS) is 14.3. The van der Waals surface area contributed by atoms with Crippen LogP contribution in [0.5, 0.6) is 5.75 Å². The summed E-state index contributed by atoms with van der Waals surface area (Å²) in [5.41, 5.74) is -0.430. The number of carbonyl (C=O) groups excluding carboxylic acids is 1. The van der Waals surface area contributed by atoms with Gasteiger partial charge in [0.25, 0.3) is 11.1 Å². The molecule has 4 rings (SSSR count). The van der Waals surface area contributed by atoms with Gasteiger partial charge >= 0.3 is 6.09 Å². The lowest BCUT2D eigenvalue weighted by Crippen LogP contribution is -2.47. The molecule has 38 heavy (non-hydrogen) atoms. The first-order valence-corrected chi connectivity index (χ1v) is 12.8. The number of rotatable bonds is 6. The zero-order chi connectivity index (χ0) is 27.4. The van der Waals surface area contributed by atoms with Gasteiger partial charge < -0.3 is 24.3 Å². The molecule has 0 aliphatic carbocycles. The van der Waals surface area contributed by atoms with Crippen LogP contribution < -0.4 is 20.8 Å². The van der Waals surface area contributed by atoms with E-state index < -0.39 is 11.2 Å². The van der Waals surface area contributed by atoms with E-state index in [4.69, 9.17) is 21.1 Å². The van der Waals surface area contributed by atoms with Crippen molar-refractivity contribution >= 4 is 23.5 Å². The van der Waals surface area contributed by atoms with Crippen LogP contribution in [-0.4, -0.2) is 57.3 Å². The van der Waals surface area contributed by atoms with Gasteiger partial charge in [-0.2, -0.15) is 0 Å². The summed E-state index contributed by atoms with van der Waals surface area (Å²) in [5, 5.41) is 0.530. The Hall–Kier alpha value is -3.79. The summed E-state index contributed by atoms with van der Waals surface area (Å²) in [5.74, 6) is 1.04. The number of hydrogen-bond donors (Lipinski definition) is 1. The number of anilines is 1. The molecule has 1 N–H and O–H groups in total. The third kappa shape index (κ3) is 6.74. The number of H-pyrrole nitrogens is 1. The lowest BCUT2D eigenvalue weighted by molar-refractivity contribution is 0.0201. The van der Waals surface area contributed by atoms with Crippen LogP contribution in [0.2, 0.25) is 5.02 Å². The van der Waals surface area contributed by atoms with E-state index in [0.29, 0.717) is 35.4 Å². The molecule has 0 spiro atoms. The van der Waals surface area contributed by atoms with E-state index in [9.17, 15) is 14.4 Å². The summed E-state index contributed by atoms with van der Waals surface area (Å²) < 4.78 is 12.4. The standard InChI is InChI=1S/C27H32ClN5O5/c1-27(2,3)38-26(36)31(4)20-9-12-32(13-10-20)23-8-7-22(25(35)30-23)33-14-11-21(15-24(33)34)37-17-19-6-5-18(28)16-29-19/h5-8,11,14-16,20H,9-10,12-13,17H2,1-4H3,(H,30,35). The average molecular weight is 542 g/mol. The van der Waals surface area contributed by atoms with Gasteiger partial charge in [-0.25, -0.2) is 4.79 Å². The van der Waals surface area contributed by atoms with Gasteiger partial charge in [-0.05, 0) is 63.9 Å². The first-order chi connectivity index (χ1) is 18.0. The molecule has 3 aromatic rings. The summed E-state index contributed by atoms with van der Waals surface area (Å²) >= 11 is 5.84. The Morgan fingerprint density at radius 3 is 2.50 bits per heavy atom. The van der Waals surface area contributed by atoms with Crippen LogP contribution in [0.15, 0.2) is 58.4 Å². The van der Waals surface area contributed by atoms with Crippen molar-refractivity contribution in [3.8, 4) is 11.4 Å². The van der Waals surface area contributed by atoms with E-state index >= 15 is 0 Å². The molecule has 1 aliphatic rings. The molecule has 0 unspecified atom stereocenters. The fourth-order valence-corrected chi connectivity index (χ4v) is 4.32. The zero-order valence-corrected chi connectivity index (χ0v) is 22.7. The van der Waals surface area contributed by atoms with Crippen LogP contribution in [0.3, 0.4) is 0 Å². The molecule has 11 heteroatoms. The van der Waals surface area contributed by atoms with E-state index in [1.54, 1.807) is 42.3 Å². The number of amides is 1. The summed E-state index contributed by atoms with van der Waals surface area (Å²) in [6.45, 7) is 7.05. The minimum Gasteiger partial charge on any atom is -0.487 e. The number of hydrogen-bond acceptors (Lipinski definition) is 7. The van der Waals surface area contributed by atoms with Crippen molar-refractivity contribution in [3.05, 3.63) is 80.2 Å². The van der Waals surface area contributed by atoms with Crippen molar-refractivity contribution in [1.29, 1.82) is 0 Å². The lowest BCUT2D eigenvalue weighted by Gasteiger charge is -2.37. The third-order valence-corrected chi connectivity index (χ3v) is 6.46. The number of ether oxygens (including phenoxy) is 2. The van der Waals surface area contributed by atoms with Gasteiger partial charge in [-0.1, -0.05) is 11.6 Å². The first kappa shape index (κ1) is 27.3. The number of carbonyl (C=O) groups is 1. The number of nitrogens with one attached hydrogen (secondary N) is 1. The number of pyridine rings is 3. The minimum atomic E-state index is -0.544. The van der Waals surface area contributed by atoms with Gasteiger partial charge in [0.15, 0.2) is 0 Å². The predicted molar refractivity (Wildman–Crippen MR) is 145 cm³/mol. The van der Waals surface area contributed by atoms with Crippen LogP contribution in [-0.2, 0) is 11.3 Å². The number of aromatic nitrogens is 3. The number of nitrogens with zero attached hydrogens (tertiary/aromatic N) is 4. The van der Waals surface area contributed by atoms with Gasteiger partial charge in [0.05, 0.1) is 10.7 Å². The van der Waals surface area contributed by atoms with Crippen LogP contribution in [0.25, 0.3) is 5.69 Å². The molecule has 3 aromatic heterocycles. The first-order valence-electron chi connectivity index (χ1n) is 12.4. The molecule has 1 saturated heterocycles. The smallest absolute Gasteiger partial charge is 0.410 e. The van der Waals surface area contributed by atoms with Crippen molar-refractivity contribution in [3.63, 3.8) is 0 Å². The van der Waals surface area contributed by atoms with Crippen molar-refractivity contribution < 1.29 is 14.3 Å². The van der Waals surface area contributed by atoms with Gasteiger partial charge in [0.1, 0.15) is 29.5 Å². The highest BCUT2D eigenvalue weighted by Crippen LogP contribution is 2.22. The second-order valence-corrected chi connectivity index (χ2v) is 10.6. The highest BCUT2D eigenvalue weighted by molar-refractivity contribution is 6.30. The van der Waals surface area contributed by atoms with Crippen molar-refractivity contribution in [2.75, 3.05) is 25.0 Å². The second-order valence-electron chi connectivity index (χ2n) is 10.2. The Labute approximate surface area is 225 Å². The van der Waals surface area contributed by atoms with Crippen LogP contribution in [0.4, 0.5) is 10.6 Å². The Morgan fingerprint density at radius 2 is 1.89 bits per heavy atom. The Bertz CT molecular complexity index is 1390. The second kappa shape index (κ2) is 11.3. The monoisotopic (exact) mass is 541 g/mol. The molecule has 202 valence electrons. The van der Waals surface area contributed by atoms with Crippen LogP contribution in [0, 0.1) is 0 Å². The van der Waals surface area contributed by atoms with Crippen molar-refractivity contribution in [2.45, 2.75) is 51.9 Å².